The highest BCUT2D eigenvalue weighted by atomic mass is 16.5. The van der Waals surface area contributed by atoms with E-state index in [4.69, 9.17) is 14.2 Å². The standard InChI is InChI=1S/C24H28N2O6/c1-14(2)31-21-5-3-4-20(23(21)24(28)29)30-13-16-10-18(12-25-16)32-17-8-6-15-7-9-22(27)26-19(15)11-17/h3-6,8,11,14,16,18,25H,7,9-10,12-13H2,1-2H3,(H,26,27)(H,28,29)/t16-,18+/m1/s1. The first-order valence-corrected chi connectivity index (χ1v) is 10.9. The van der Waals surface area contributed by atoms with Gasteiger partial charge in [-0.2, -0.15) is 0 Å². The fourth-order valence-electron chi connectivity index (χ4n) is 4.00. The first-order chi connectivity index (χ1) is 15.4. The van der Waals surface area contributed by atoms with Gasteiger partial charge in [-0.1, -0.05) is 12.1 Å². The minimum absolute atomic E-state index is 0.0219. The monoisotopic (exact) mass is 440 g/mol. The molecule has 0 unspecified atom stereocenters. The maximum Gasteiger partial charge on any atom is 0.343 e. The summed E-state index contributed by atoms with van der Waals surface area (Å²) < 4.78 is 17.6. The van der Waals surface area contributed by atoms with Crippen molar-refractivity contribution >= 4 is 17.6 Å². The van der Waals surface area contributed by atoms with Crippen molar-refractivity contribution in [1.29, 1.82) is 0 Å². The number of hydrogen-bond donors (Lipinski definition) is 3. The Bertz CT molecular complexity index is 1010. The molecule has 0 radical (unpaired) electrons. The van der Waals surface area contributed by atoms with E-state index in [1.807, 2.05) is 32.0 Å². The van der Waals surface area contributed by atoms with Crippen molar-refractivity contribution in [2.24, 2.45) is 0 Å². The maximum atomic E-state index is 11.8. The number of aromatic carboxylic acids is 1. The number of carboxylic acid groups (broad SMARTS) is 1. The van der Waals surface area contributed by atoms with Crippen molar-refractivity contribution in [3.63, 3.8) is 0 Å². The highest BCUT2D eigenvalue weighted by molar-refractivity contribution is 5.94. The van der Waals surface area contributed by atoms with Gasteiger partial charge in [-0.3, -0.25) is 4.79 Å². The van der Waals surface area contributed by atoms with Gasteiger partial charge in [0.05, 0.1) is 6.10 Å². The zero-order chi connectivity index (χ0) is 22.7. The molecule has 4 rings (SSSR count). The molecule has 8 heteroatoms. The van der Waals surface area contributed by atoms with Gasteiger partial charge in [0.2, 0.25) is 5.91 Å². The zero-order valence-corrected chi connectivity index (χ0v) is 18.2. The lowest BCUT2D eigenvalue weighted by Gasteiger charge is -2.19. The Kier molecular flexibility index (Phi) is 6.50. The molecule has 2 aromatic rings. The largest absolute Gasteiger partial charge is 0.491 e. The average molecular weight is 440 g/mol. The van der Waals surface area contributed by atoms with Crippen LogP contribution in [-0.4, -0.2) is 48.4 Å². The predicted octanol–water partition coefficient (Wildman–Crippen LogP) is 3.25. The number of nitrogens with one attached hydrogen (secondary N) is 2. The number of hydrogen-bond acceptors (Lipinski definition) is 6. The normalized spacial score (nSPS) is 19.9. The van der Waals surface area contributed by atoms with E-state index in [9.17, 15) is 14.7 Å². The van der Waals surface area contributed by atoms with Gasteiger partial charge in [-0.25, -0.2) is 4.79 Å². The summed E-state index contributed by atoms with van der Waals surface area (Å²) in [4.78, 5) is 23.4. The van der Waals surface area contributed by atoms with E-state index in [2.05, 4.69) is 10.6 Å². The third kappa shape index (κ3) is 5.13. The number of carboxylic acids is 1. The van der Waals surface area contributed by atoms with Crippen LogP contribution < -0.4 is 24.8 Å². The number of carbonyl (C=O) groups is 2. The van der Waals surface area contributed by atoms with Gasteiger partial charge in [0.15, 0.2) is 0 Å². The summed E-state index contributed by atoms with van der Waals surface area (Å²) in [6, 6.07) is 10.8. The van der Waals surface area contributed by atoms with E-state index < -0.39 is 5.97 Å². The second-order valence-electron chi connectivity index (χ2n) is 8.36. The second kappa shape index (κ2) is 9.48. The van der Waals surface area contributed by atoms with Crippen LogP contribution in [0.5, 0.6) is 17.2 Å². The van der Waals surface area contributed by atoms with Crippen molar-refractivity contribution in [1.82, 2.24) is 5.32 Å². The number of amides is 1. The lowest BCUT2D eigenvalue weighted by molar-refractivity contribution is -0.116. The summed E-state index contributed by atoms with van der Waals surface area (Å²) in [6.07, 6.45) is 1.78. The third-order valence-electron chi connectivity index (χ3n) is 5.47. The van der Waals surface area contributed by atoms with Gasteiger partial charge in [-0.15, -0.1) is 0 Å². The highest BCUT2D eigenvalue weighted by Gasteiger charge is 2.28. The smallest absolute Gasteiger partial charge is 0.343 e. The molecule has 1 saturated heterocycles. The van der Waals surface area contributed by atoms with Gasteiger partial charge in [-0.05, 0) is 44.0 Å². The van der Waals surface area contributed by atoms with Crippen LogP contribution in [0.15, 0.2) is 36.4 Å². The van der Waals surface area contributed by atoms with Gasteiger partial charge in [0.25, 0.3) is 0 Å². The van der Waals surface area contributed by atoms with E-state index in [1.54, 1.807) is 18.2 Å². The summed E-state index contributed by atoms with van der Waals surface area (Å²) in [5.41, 5.74) is 1.96. The second-order valence-corrected chi connectivity index (χ2v) is 8.36. The molecule has 1 amide bonds. The summed E-state index contributed by atoms with van der Waals surface area (Å²) in [5, 5.41) is 15.9. The fraction of sp³-hybridized carbons (Fsp3) is 0.417. The lowest BCUT2D eigenvalue weighted by atomic mass is 10.0. The van der Waals surface area contributed by atoms with Crippen LogP contribution in [0, 0.1) is 0 Å². The van der Waals surface area contributed by atoms with Crippen LogP contribution in [0.1, 0.15) is 42.6 Å². The van der Waals surface area contributed by atoms with E-state index in [0.717, 1.165) is 17.7 Å². The summed E-state index contributed by atoms with van der Waals surface area (Å²) in [6.45, 7) is 4.65. The number of aryl methyl sites for hydroxylation is 1. The molecule has 2 heterocycles. The summed E-state index contributed by atoms with van der Waals surface area (Å²) >= 11 is 0. The van der Waals surface area contributed by atoms with Crippen molar-refractivity contribution in [3.05, 3.63) is 47.5 Å². The topological polar surface area (TPSA) is 106 Å². The van der Waals surface area contributed by atoms with Crippen molar-refractivity contribution in [2.45, 2.75) is 51.4 Å². The van der Waals surface area contributed by atoms with Crippen molar-refractivity contribution in [3.8, 4) is 17.2 Å². The number of carbonyl (C=O) groups excluding carboxylic acids is 1. The fourth-order valence-corrected chi connectivity index (χ4v) is 4.00. The Hall–Kier alpha value is -3.26. The molecule has 2 atom stereocenters. The number of anilines is 1. The maximum absolute atomic E-state index is 11.8. The number of benzene rings is 2. The molecule has 1 fully saturated rings. The Labute approximate surface area is 186 Å². The van der Waals surface area contributed by atoms with E-state index in [1.165, 1.54) is 0 Å². The number of fused-ring (bicyclic) bond motifs is 1. The van der Waals surface area contributed by atoms with Gasteiger partial charge >= 0.3 is 5.97 Å². The van der Waals surface area contributed by atoms with Crippen LogP contribution >= 0.6 is 0 Å². The first-order valence-electron chi connectivity index (χ1n) is 10.9. The minimum atomic E-state index is -1.09. The Morgan fingerprint density at radius 1 is 1.19 bits per heavy atom. The quantitative estimate of drug-likeness (QED) is 0.579. The Morgan fingerprint density at radius 2 is 2.00 bits per heavy atom. The molecule has 0 aliphatic carbocycles. The SMILES string of the molecule is CC(C)Oc1cccc(OC[C@H]2C[C@H](Oc3ccc4c(c3)NC(=O)CC4)CN2)c1C(=O)O. The summed E-state index contributed by atoms with van der Waals surface area (Å²) in [7, 11) is 0. The Morgan fingerprint density at radius 3 is 2.78 bits per heavy atom. The van der Waals surface area contributed by atoms with Crippen LogP contribution in [0.4, 0.5) is 5.69 Å². The molecule has 0 spiro atoms. The molecule has 2 aliphatic rings. The average Bonchev–Trinajstić information content (AvgIpc) is 3.18. The van der Waals surface area contributed by atoms with Gasteiger partial charge in [0.1, 0.15) is 35.5 Å². The van der Waals surface area contributed by atoms with Crippen LogP contribution in [0.25, 0.3) is 0 Å². The zero-order valence-electron chi connectivity index (χ0n) is 18.2. The molecule has 8 nitrogen and oxygen atoms in total. The molecule has 2 aromatic carbocycles. The highest BCUT2D eigenvalue weighted by Crippen LogP contribution is 2.31. The molecule has 0 bridgehead atoms. The predicted molar refractivity (Wildman–Crippen MR) is 119 cm³/mol. The molecule has 3 N–H and O–H groups in total. The van der Waals surface area contributed by atoms with E-state index in [-0.39, 0.29) is 35.5 Å². The van der Waals surface area contributed by atoms with Crippen LogP contribution in [0.3, 0.4) is 0 Å². The number of ether oxygens (including phenoxy) is 3. The molecular formula is C24H28N2O6. The summed E-state index contributed by atoms with van der Waals surface area (Å²) in [5.74, 6) is 0.234. The lowest BCUT2D eigenvalue weighted by Crippen LogP contribution is -2.28. The minimum Gasteiger partial charge on any atom is -0.491 e. The molecule has 0 aromatic heterocycles. The first kappa shape index (κ1) is 22.0. The molecule has 0 saturated carbocycles. The molecule has 170 valence electrons. The van der Waals surface area contributed by atoms with E-state index >= 15 is 0 Å². The molecular weight excluding hydrogens is 412 g/mol. The van der Waals surface area contributed by atoms with Crippen LogP contribution in [0.2, 0.25) is 0 Å². The molecule has 2 aliphatic heterocycles. The van der Waals surface area contributed by atoms with Gasteiger partial charge < -0.3 is 30.0 Å². The van der Waals surface area contributed by atoms with Gasteiger partial charge in [0, 0.05) is 37.2 Å². The molecule has 32 heavy (non-hydrogen) atoms. The van der Waals surface area contributed by atoms with Crippen molar-refractivity contribution < 1.29 is 28.9 Å². The number of rotatable bonds is 8. The van der Waals surface area contributed by atoms with E-state index in [0.29, 0.717) is 37.5 Å². The Balaban J connectivity index is 1.35. The van der Waals surface area contributed by atoms with Crippen molar-refractivity contribution in [2.75, 3.05) is 18.5 Å². The third-order valence-corrected chi connectivity index (χ3v) is 5.47. The van der Waals surface area contributed by atoms with Crippen LogP contribution in [-0.2, 0) is 11.2 Å².